The van der Waals surface area contributed by atoms with E-state index in [2.05, 4.69) is 10.9 Å². The van der Waals surface area contributed by atoms with Crippen molar-refractivity contribution in [3.8, 4) is 12.3 Å². The van der Waals surface area contributed by atoms with Crippen LogP contribution in [0.15, 0.2) is 18.5 Å². The van der Waals surface area contributed by atoms with Crippen LogP contribution in [0.5, 0.6) is 0 Å². The van der Waals surface area contributed by atoms with Crippen LogP contribution in [0.2, 0.25) is 0 Å². The molecule has 0 atom stereocenters. The third-order valence-electron chi connectivity index (χ3n) is 2.03. The molecule has 1 aromatic rings. The van der Waals surface area contributed by atoms with Gasteiger partial charge in [-0.1, -0.05) is 0 Å². The fraction of sp³-hybridized carbons (Fsp3) is 0.273. The highest BCUT2D eigenvalue weighted by Crippen LogP contribution is 2.17. The number of terminal acetylenes is 1. The summed E-state index contributed by atoms with van der Waals surface area (Å²) in [7, 11) is 1.80. The second kappa shape index (κ2) is 5.01. The van der Waals surface area contributed by atoms with Crippen molar-refractivity contribution in [2.75, 3.05) is 18.5 Å². The van der Waals surface area contributed by atoms with E-state index in [9.17, 15) is 4.79 Å². The molecule has 15 heavy (non-hydrogen) atoms. The van der Waals surface area contributed by atoms with Gasteiger partial charge in [-0.15, -0.1) is 12.3 Å². The molecule has 0 saturated carbocycles. The van der Waals surface area contributed by atoms with E-state index in [1.807, 2.05) is 4.90 Å². The number of pyridine rings is 1. The lowest BCUT2D eigenvalue weighted by molar-refractivity contribution is 0.0697. The van der Waals surface area contributed by atoms with Crippen LogP contribution in [-0.4, -0.2) is 29.7 Å². The van der Waals surface area contributed by atoms with E-state index < -0.39 is 5.97 Å². The number of aromatic nitrogens is 1. The average Bonchev–Trinajstić information content (AvgIpc) is 2.25. The Kier molecular flexibility index (Phi) is 3.69. The van der Waals surface area contributed by atoms with Gasteiger partial charge in [0.15, 0.2) is 0 Å². The number of rotatable bonds is 4. The zero-order valence-corrected chi connectivity index (χ0v) is 8.47. The molecule has 1 aromatic heterocycles. The van der Waals surface area contributed by atoms with Crippen LogP contribution in [0.3, 0.4) is 0 Å². The van der Waals surface area contributed by atoms with Gasteiger partial charge in [0.25, 0.3) is 0 Å². The van der Waals surface area contributed by atoms with Gasteiger partial charge >= 0.3 is 5.97 Å². The summed E-state index contributed by atoms with van der Waals surface area (Å²) >= 11 is 0. The lowest BCUT2D eigenvalue weighted by Crippen LogP contribution is -2.20. The molecule has 4 nitrogen and oxygen atoms in total. The first-order valence-corrected chi connectivity index (χ1v) is 4.48. The minimum Gasteiger partial charge on any atom is -0.478 e. The molecule has 1 heterocycles. The number of hydrogen-bond acceptors (Lipinski definition) is 3. The molecule has 0 saturated heterocycles. The lowest BCUT2D eigenvalue weighted by atomic mass is 10.2. The van der Waals surface area contributed by atoms with Gasteiger partial charge in [-0.3, -0.25) is 4.98 Å². The van der Waals surface area contributed by atoms with Crippen molar-refractivity contribution in [3.63, 3.8) is 0 Å². The zero-order chi connectivity index (χ0) is 11.3. The average molecular weight is 204 g/mol. The maximum Gasteiger partial charge on any atom is 0.339 e. The summed E-state index contributed by atoms with van der Waals surface area (Å²) in [5.74, 6) is 1.53. The SMILES string of the molecule is C#CCCN(C)c1ccncc1C(=O)O. The summed E-state index contributed by atoms with van der Waals surface area (Å²) in [6.07, 6.45) is 8.63. The van der Waals surface area contributed by atoms with Crippen molar-refractivity contribution >= 4 is 11.7 Å². The maximum absolute atomic E-state index is 10.9. The zero-order valence-electron chi connectivity index (χ0n) is 8.47. The summed E-state index contributed by atoms with van der Waals surface area (Å²) in [6.45, 7) is 0.626. The molecule has 0 aliphatic heterocycles. The van der Waals surface area contributed by atoms with E-state index in [-0.39, 0.29) is 5.56 Å². The van der Waals surface area contributed by atoms with E-state index >= 15 is 0 Å². The molecule has 1 rings (SSSR count). The monoisotopic (exact) mass is 204 g/mol. The van der Waals surface area contributed by atoms with Crippen molar-refractivity contribution in [3.05, 3.63) is 24.0 Å². The second-order valence-electron chi connectivity index (χ2n) is 3.07. The number of hydrogen-bond donors (Lipinski definition) is 1. The Bertz CT molecular complexity index is 396. The van der Waals surface area contributed by atoms with Crippen LogP contribution in [0, 0.1) is 12.3 Å². The molecule has 0 aromatic carbocycles. The Hall–Kier alpha value is -2.02. The Labute approximate surface area is 88.6 Å². The molecule has 0 unspecified atom stereocenters. The Balaban J connectivity index is 2.93. The fourth-order valence-electron chi connectivity index (χ4n) is 1.24. The standard InChI is InChI=1S/C11H12N2O2/c1-3-4-7-13(2)10-5-6-12-8-9(10)11(14)15/h1,5-6,8H,4,7H2,2H3,(H,14,15). The molecule has 0 fully saturated rings. The highest BCUT2D eigenvalue weighted by atomic mass is 16.4. The van der Waals surface area contributed by atoms with Crippen molar-refractivity contribution < 1.29 is 9.90 Å². The largest absolute Gasteiger partial charge is 0.478 e. The predicted molar refractivity (Wildman–Crippen MR) is 57.9 cm³/mol. The van der Waals surface area contributed by atoms with Crippen LogP contribution in [-0.2, 0) is 0 Å². The van der Waals surface area contributed by atoms with Gasteiger partial charge in [0, 0.05) is 32.4 Å². The molecule has 0 spiro atoms. The number of anilines is 1. The van der Waals surface area contributed by atoms with E-state index in [4.69, 9.17) is 11.5 Å². The summed E-state index contributed by atoms with van der Waals surface area (Å²) in [4.78, 5) is 16.5. The smallest absolute Gasteiger partial charge is 0.339 e. The van der Waals surface area contributed by atoms with Gasteiger partial charge in [-0.2, -0.15) is 0 Å². The van der Waals surface area contributed by atoms with Crippen LogP contribution >= 0.6 is 0 Å². The minimum atomic E-state index is -0.981. The fourth-order valence-corrected chi connectivity index (χ4v) is 1.24. The summed E-state index contributed by atoms with van der Waals surface area (Å²) in [6, 6.07) is 1.67. The van der Waals surface area contributed by atoms with Gasteiger partial charge in [0.1, 0.15) is 5.56 Å². The normalized spacial score (nSPS) is 9.33. The first kappa shape index (κ1) is 11.1. The van der Waals surface area contributed by atoms with Gasteiger partial charge in [-0.25, -0.2) is 4.79 Å². The number of carboxylic acid groups (broad SMARTS) is 1. The molecular formula is C11H12N2O2. The quantitative estimate of drug-likeness (QED) is 0.750. The number of carboxylic acids is 1. The van der Waals surface area contributed by atoms with Crippen molar-refractivity contribution in [1.29, 1.82) is 0 Å². The number of carbonyl (C=O) groups is 1. The van der Waals surface area contributed by atoms with Gasteiger partial charge in [0.05, 0.1) is 5.69 Å². The molecule has 0 radical (unpaired) electrons. The van der Waals surface area contributed by atoms with Crippen LogP contribution in [0.4, 0.5) is 5.69 Å². The van der Waals surface area contributed by atoms with Crippen molar-refractivity contribution in [2.24, 2.45) is 0 Å². The van der Waals surface area contributed by atoms with Crippen LogP contribution in [0.25, 0.3) is 0 Å². The van der Waals surface area contributed by atoms with E-state index in [1.54, 1.807) is 19.3 Å². The van der Waals surface area contributed by atoms with Gasteiger partial charge in [-0.05, 0) is 6.07 Å². The summed E-state index contributed by atoms with van der Waals surface area (Å²) in [5.41, 5.74) is 0.824. The third-order valence-corrected chi connectivity index (χ3v) is 2.03. The maximum atomic E-state index is 10.9. The van der Waals surface area contributed by atoms with Crippen molar-refractivity contribution in [1.82, 2.24) is 4.98 Å². The third kappa shape index (κ3) is 2.71. The topological polar surface area (TPSA) is 53.4 Å². The highest BCUT2D eigenvalue weighted by Gasteiger charge is 2.12. The molecule has 0 aliphatic carbocycles. The molecule has 78 valence electrons. The van der Waals surface area contributed by atoms with E-state index in [0.29, 0.717) is 18.7 Å². The number of aromatic carboxylic acids is 1. The first-order valence-electron chi connectivity index (χ1n) is 4.48. The van der Waals surface area contributed by atoms with Crippen LogP contribution < -0.4 is 4.90 Å². The Morgan fingerprint density at radius 1 is 1.73 bits per heavy atom. The lowest BCUT2D eigenvalue weighted by Gasteiger charge is -2.19. The summed E-state index contributed by atoms with van der Waals surface area (Å²) < 4.78 is 0. The molecule has 0 bridgehead atoms. The van der Waals surface area contributed by atoms with Gasteiger partial charge in [0.2, 0.25) is 0 Å². The van der Waals surface area contributed by atoms with Crippen LogP contribution in [0.1, 0.15) is 16.8 Å². The first-order chi connectivity index (χ1) is 7.16. The molecule has 1 N–H and O–H groups in total. The molecule has 4 heteroatoms. The van der Waals surface area contributed by atoms with E-state index in [0.717, 1.165) is 0 Å². The molecule has 0 aliphatic rings. The minimum absolute atomic E-state index is 0.192. The second-order valence-corrected chi connectivity index (χ2v) is 3.07. The highest BCUT2D eigenvalue weighted by molar-refractivity contribution is 5.93. The number of nitrogens with zero attached hydrogens (tertiary/aromatic N) is 2. The predicted octanol–water partition coefficient (Wildman–Crippen LogP) is 1.24. The summed E-state index contributed by atoms with van der Waals surface area (Å²) in [5, 5.41) is 8.93. The van der Waals surface area contributed by atoms with Gasteiger partial charge < -0.3 is 10.0 Å². The molecule has 0 amide bonds. The Morgan fingerprint density at radius 2 is 2.47 bits per heavy atom. The molecular weight excluding hydrogens is 192 g/mol. The van der Waals surface area contributed by atoms with Crippen molar-refractivity contribution in [2.45, 2.75) is 6.42 Å². The van der Waals surface area contributed by atoms with E-state index in [1.165, 1.54) is 6.20 Å². The Morgan fingerprint density at radius 3 is 3.07 bits per heavy atom.